The fourth-order valence-electron chi connectivity index (χ4n) is 2.29. The van der Waals surface area contributed by atoms with Crippen molar-refractivity contribution in [3.63, 3.8) is 0 Å². The monoisotopic (exact) mass is 292 g/mol. The lowest BCUT2D eigenvalue weighted by Gasteiger charge is -2.13. The first-order valence-corrected chi connectivity index (χ1v) is 6.97. The van der Waals surface area contributed by atoms with Gasteiger partial charge in [-0.2, -0.15) is 5.10 Å². The van der Waals surface area contributed by atoms with Crippen molar-refractivity contribution in [3.05, 3.63) is 17.5 Å². The lowest BCUT2D eigenvalue weighted by atomic mass is 10.1. The predicted molar refractivity (Wildman–Crippen MR) is 79.7 cm³/mol. The van der Waals surface area contributed by atoms with E-state index in [-0.39, 0.29) is 5.56 Å². The number of nitrogens with zero attached hydrogens (tertiary/aromatic N) is 3. The van der Waals surface area contributed by atoms with Crippen LogP contribution in [-0.2, 0) is 6.54 Å². The summed E-state index contributed by atoms with van der Waals surface area (Å²) < 4.78 is 1.73. The zero-order valence-corrected chi connectivity index (χ0v) is 12.4. The molecule has 1 unspecified atom stereocenters. The molecule has 0 saturated carbocycles. The first-order chi connectivity index (χ1) is 9.95. The Hall–Kier alpha value is -2.15. The summed E-state index contributed by atoms with van der Waals surface area (Å²) in [5, 5.41) is 26.8. The molecule has 1 atom stereocenters. The molecule has 0 amide bonds. The fraction of sp³-hybridized carbons (Fsp3) is 0.500. The van der Waals surface area contributed by atoms with Gasteiger partial charge in [0.2, 0.25) is 0 Å². The smallest absolute Gasteiger partial charge is 0.339 e. The third-order valence-electron chi connectivity index (χ3n) is 3.34. The average molecular weight is 292 g/mol. The maximum absolute atomic E-state index is 11.5. The highest BCUT2D eigenvalue weighted by Gasteiger charge is 2.20. The number of hydrogen-bond donors (Lipinski definition) is 3. The summed E-state index contributed by atoms with van der Waals surface area (Å²) in [6.07, 6.45) is 1.72. The Balaban J connectivity index is 2.53. The second-order valence-corrected chi connectivity index (χ2v) is 5.01. The van der Waals surface area contributed by atoms with Crippen LogP contribution in [0.4, 0.5) is 5.69 Å². The minimum atomic E-state index is -1.02. The number of carboxylic acid groups (broad SMARTS) is 1. The number of pyridine rings is 1. The molecule has 0 radical (unpaired) electrons. The molecule has 2 aromatic heterocycles. The Kier molecular flexibility index (Phi) is 4.42. The minimum Gasteiger partial charge on any atom is -0.478 e. The fourth-order valence-corrected chi connectivity index (χ4v) is 2.29. The third-order valence-corrected chi connectivity index (χ3v) is 3.34. The summed E-state index contributed by atoms with van der Waals surface area (Å²) in [5.74, 6) is -1.02. The Bertz CT molecular complexity index is 664. The van der Waals surface area contributed by atoms with Gasteiger partial charge in [0, 0.05) is 13.1 Å². The van der Waals surface area contributed by atoms with E-state index in [9.17, 15) is 15.0 Å². The van der Waals surface area contributed by atoms with Crippen LogP contribution in [0.2, 0.25) is 0 Å². The lowest BCUT2D eigenvalue weighted by Crippen LogP contribution is -2.14. The number of aliphatic hydroxyl groups is 1. The van der Waals surface area contributed by atoms with Gasteiger partial charge in [-0.25, -0.2) is 14.5 Å². The van der Waals surface area contributed by atoms with E-state index in [1.54, 1.807) is 24.7 Å². The molecule has 0 bridgehead atoms. The minimum absolute atomic E-state index is 0.156. The molecule has 114 valence electrons. The van der Waals surface area contributed by atoms with Crippen molar-refractivity contribution in [2.45, 2.75) is 39.8 Å². The van der Waals surface area contributed by atoms with Crippen LogP contribution >= 0.6 is 0 Å². The van der Waals surface area contributed by atoms with Crippen LogP contribution in [0.1, 0.15) is 36.3 Å². The highest BCUT2D eigenvalue weighted by molar-refractivity contribution is 6.04. The van der Waals surface area contributed by atoms with Crippen LogP contribution in [0.15, 0.2) is 6.20 Å². The van der Waals surface area contributed by atoms with Crippen molar-refractivity contribution in [2.75, 3.05) is 11.9 Å². The van der Waals surface area contributed by atoms with E-state index in [0.717, 1.165) is 0 Å². The van der Waals surface area contributed by atoms with Crippen molar-refractivity contribution < 1.29 is 15.0 Å². The van der Waals surface area contributed by atoms with Gasteiger partial charge < -0.3 is 15.5 Å². The summed E-state index contributed by atoms with van der Waals surface area (Å²) in [7, 11) is 0. The summed E-state index contributed by atoms with van der Waals surface area (Å²) >= 11 is 0. The van der Waals surface area contributed by atoms with E-state index in [4.69, 9.17) is 0 Å². The zero-order chi connectivity index (χ0) is 15.6. The number of carboxylic acids is 1. The number of carbonyl (C=O) groups is 1. The standard InChI is InChI=1S/C14H20N4O3/c1-4-18-13-10(7-16-18)12(15-6-5-8(2)19)11(14(20)21)9(3)17-13/h7-8,19H,4-6H2,1-3H3,(H,15,17)(H,20,21). The molecule has 0 aliphatic rings. The van der Waals surface area contributed by atoms with Crippen LogP contribution in [0, 0.1) is 6.92 Å². The van der Waals surface area contributed by atoms with Crippen LogP contribution in [0.3, 0.4) is 0 Å². The summed E-state index contributed by atoms with van der Waals surface area (Å²) in [6, 6.07) is 0. The number of aromatic nitrogens is 3. The molecule has 7 heteroatoms. The van der Waals surface area contributed by atoms with Gasteiger partial charge in [0.25, 0.3) is 0 Å². The molecule has 0 spiro atoms. The average Bonchev–Trinajstić information content (AvgIpc) is 2.80. The highest BCUT2D eigenvalue weighted by Crippen LogP contribution is 2.28. The van der Waals surface area contributed by atoms with Crippen LogP contribution in [0.25, 0.3) is 11.0 Å². The number of nitrogens with one attached hydrogen (secondary N) is 1. The van der Waals surface area contributed by atoms with E-state index in [0.29, 0.717) is 41.9 Å². The van der Waals surface area contributed by atoms with Gasteiger partial charge in [0.1, 0.15) is 5.56 Å². The van der Waals surface area contributed by atoms with Gasteiger partial charge in [-0.1, -0.05) is 0 Å². The molecule has 0 aliphatic heterocycles. The molecule has 3 N–H and O–H groups in total. The first kappa shape index (κ1) is 15.2. The van der Waals surface area contributed by atoms with Crippen LogP contribution < -0.4 is 5.32 Å². The quantitative estimate of drug-likeness (QED) is 0.748. The summed E-state index contributed by atoms with van der Waals surface area (Å²) in [4.78, 5) is 15.9. The van der Waals surface area contributed by atoms with Gasteiger partial charge in [0.15, 0.2) is 5.65 Å². The molecule has 0 saturated heterocycles. The van der Waals surface area contributed by atoms with Crippen molar-refractivity contribution in [1.29, 1.82) is 0 Å². The zero-order valence-electron chi connectivity index (χ0n) is 12.4. The van der Waals surface area contributed by atoms with Crippen molar-refractivity contribution in [3.8, 4) is 0 Å². The second kappa shape index (κ2) is 6.09. The van der Waals surface area contributed by atoms with Crippen LogP contribution in [0.5, 0.6) is 0 Å². The maximum Gasteiger partial charge on any atom is 0.339 e. The van der Waals surface area contributed by atoms with Gasteiger partial charge in [-0.3, -0.25) is 0 Å². The number of hydrogen-bond acceptors (Lipinski definition) is 5. The number of fused-ring (bicyclic) bond motifs is 1. The normalized spacial score (nSPS) is 12.6. The lowest BCUT2D eigenvalue weighted by molar-refractivity contribution is 0.0697. The Morgan fingerprint density at radius 3 is 2.81 bits per heavy atom. The summed E-state index contributed by atoms with van der Waals surface area (Å²) in [5.41, 5.74) is 1.79. The maximum atomic E-state index is 11.5. The van der Waals surface area contributed by atoms with E-state index in [1.165, 1.54) is 0 Å². The Morgan fingerprint density at radius 1 is 1.52 bits per heavy atom. The van der Waals surface area contributed by atoms with Gasteiger partial charge in [-0.05, 0) is 27.2 Å². The van der Waals surface area contributed by atoms with Crippen molar-refractivity contribution in [1.82, 2.24) is 14.8 Å². The first-order valence-electron chi connectivity index (χ1n) is 6.97. The number of rotatable bonds is 6. The second-order valence-electron chi connectivity index (χ2n) is 5.01. The van der Waals surface area contributed by atoms with E-state index >= 15 is 0 Å². The molecule has 0 aromatic carbocycles. The SMILES string of the molecule is CCn1ncc2c(NCCC(C)O)c(C(=O)O)c(C)nc21. The Labute approximate surface area is 122 Å². The van der Waals surface area contributed by atoms with Gasteiger partial charge in [0.05, 0.1) is 29.1 Å². The number of anilines is 1. The highest BCUT2D eigenvalue weighted by atomic mass is 16.4. The topological polar surface area (TPSA) is 100 Å². The van der Waals surface area contributed by atoms with Crippen molar-refractivity contribution in [2.24, 2.45) is 0 Å². The number of aliphatic hydroxyl groups excluding tert-OH is 1. The molecular formula is C14H20N4O3. The largest absolute Gasteiger partial charge is 0.478 e. The number of aromatic carboxylic acids is 1. The van der Waals surface area contributed by atoms with Gasteiger partial charge in [-0.15, -0.1) is 0 Å². The Morgan fingerprint density at radius 2 is 2.24 bits per heavy atom. The molecule has 0 aliphatic carbocycles. The number of aryl methyl sites for hydroxylation is 2. The van der Waals surface area contributed by atoms with E-state index in [2.05, 4.69) is 15.4 Å². The molecule has 2 rings (SSSR count). The molecular weight excluding hydrogens is 272 g/mol. The molecule has 7 nitrogen and oxygen atoms in total. The molecule has 0 fully saturated rings. The van der Waals surface area contributed by atoms with Gasteiger partial charge >= 0.3 is 5.97 Å². The third kappa shape index (κ3) is 2.97. The molecule has 2 aromatic rings. The summed E-state index contributed by atoms with van der Waals surface area (Å²) in [6.45, 7) is 6.47. The van der Waals surface area contributed by atoms with E-state index < -0.39 is 12.1 Å². The predicted octanol–water partition coefficient (Wildman–Crippen LogP) is 1.64. The van der Waals surface area contributed by atoms with Crippen LogP contribution in [-0.4, -0.2) is 43.6 Å². The molecule has 2 heterocycles. The molecule has 21 heavy (non-hydrogen) atoms. The van der Waals surface area contributed by atoms with E-state index in [1.807, 2.05) is 6.92 Å². The van der Waals surface area contributed by atoms with Crippen molar-refractivity contribution >= 4 is 22.7 Å².